The minimum Gasteiger partial charge on any atom is -1.00 e. The van der Waals surface area contributed by atoms with E-state index in [4.69, 9.17) is 0 Å². The molecule has 2 N–H and O–H groups in total. The lowest BCUT2D eigenvalue weighted by molar-refractivity contribution is -0.449. The molecule has 1 aromatic rings. The summed E-state index contributed by atoms with van der Waals surface area (Å²) in [6.07, 6.45) is 5.55. The van der Waals surface area contributed by atoms with Crippen molar-refractivity contribution in [2.45, 2.75) is 19.3 Å². The number of fused-ring (bicyclic) bond motifs is 1. The van der Waals surface area contributed by atoms with Gasteiger partial charge in [-0.15, -0.1) is 5.10 Å². The fraction of sp³-hybridized carbons (Fsp3) is 0.375. The molecular weight excluding hydrogens is 251 g/mol. The minimum atomic E-state index is 0. The van der Waals surface area contributed by atoms with Gasteiger partial charge in [0.15, 0.2) is 0 Å². The van der Waals surface area contributed by atoms with Crippen molar-refractivity contribution in [1.82, 2.24) is 5.10 Å². The molecular formula is C8H11IN2. The van der Waals surface area contributed by atoms with Gasteiger partial charge in [0.25, 0.3) is 0 Å². The van der Waals surface area contributed by atoms with Crippen LogP contribution >= 0.6 is 0 Å². The summed E-state index contributed by atoms with van der Waals surface area (Å²) in [6.45, 7) is 3.99. The molecule has 0 radical (unpaired) electrons. The van der Waals surface area contributed by atoms with E-state index in [9.17, 15) is 0 Å². The van der Waals surface area contributed by atoms with E-state index in [1.54, 1.807) is 0 Å². The highest BCUT2D eigenvalue weighted by Crippen LogP contribution is 2.25. The van der Waals surface area contributed by atoms with E-state index >= 15 is 0 Å². The summed E-state index contributed by atoms with van der Waals surface area (Å²) in [5, 5.41) is 6.09. The van der Waals surface area contributed by atoms with E-state index in [0.29, 0.717) is 0 Å². The number of aryl methyl sites for hydroxylation is 1. The van der Waals surface area contributed by atoms with Gasteiger partial charge in [0.2, 0.25) is 6.20 Å². The van der Waals surface area contributed by atoms with Crippen LogP contribution in [0.3, 0.4) is 0 Å². The molecule has 0 aliphatic heterocycles. The molecule has 1 aliphatic carbocycles. The van der Waals surface area contributed by atoms with Gasteiger partial charge in [-0.1, -0.05) is 6.58 Å². The fourth-order valence-electron chi connectivity index (χ4n) is 1.48. The first-order valence-electron chi connectivity index (χ1n) is 3.64. The molecule has 0 saturated carbocycles. The first-order chi connectivity index (χ1) is 4.88. The van der Waals surface area contributed by atoms with Crippen LogP contribution in [0.15, 0.2) is 12.8 Å². The number of hydrogen-bond acceptors (Lipinski definition) is 0. The second-order valence-corrected chi connectivity index (χ2v) is 2.76. The van der Waals surface area contributed by atoms with Gasteiger partial charge in [-0.3, -0.25) is 0 Å². The summed E-state index contributed by atoms with van der Waals surface area (Å²) in [7, 11) is 0. The van der Waals surface area contributed by atoms with Crippen molar-refractivity contribution >= 4 is 5.57 Å². The topological polar surface area (TPSA) is 29.9 Å². The number of hydrogen-bond donors (Lipinski definition) is 1. The molecule has 11 heavy (non-hydrogen) atoms. The lowest BCUT2D eigenvalue weighted by Crippen LogP contribution is -3.00. The lowest BCUT2D eigenvalue weighted by Gasteiger charge is -2.09. The summed E-state index contributed by atoms with van der Waals surface area (Å²) in [6, 6.07) is 0. The maximum absolute atomic E-state index is 3.99. The maximum Gasteiger partial charge on any atom is 0.200 e. The van der Waals surface area contributed by atoms with E-state index in [1.165, 1.54) is 23.3 Å². The van der Waals surface area contributed by atoms with Crippen LogP contribution in [0.2, 0.25) is 0 Å². The number of nitrogens with one attached hydrogen (secondary N) is 2. The summed E-state index contributed by atoms with van der Waals surface area (Å²) < 4.78 is 0. The smallest absolute Gasteiger partial charge is 0.200 e. The Balaban J connectivity index is 0.000000605. The first-order valence-corrected chi connectivity index (χ1v) is 3.64. The molecule has 0 unspecified atom stereocenters. The molecule has 0 bridgehead atoms. The van der Waals surface area contributed by atoms with Gasteiger partial charge in [0, 0.05) is 0 Å². The third-order valence-electron chi connectivity index (χ3n) is 2.05. The predicted molar refractivity (Wildman–Crippen MR) is 39.3 cm³/mol. The summed E-state index contributed by atoms with van der Waals surface area (Å²) >= 11 is 0. The van der Waals surface area contributed by atoms with Crippen LogP contribution in [-0.4, -0.2) is 5.10 Å². The summed E-state index contributed by atoms with van der Waals surface area (Å²) in [5.41, 5.74) is 3.88. The molecule has 0 fully saturated rings. The Kier molecular flexibility index (Phi) is 2.70. The molecule has 0 atom stereocenters. The van der Waals surface area contributed by atoms with Crippen molar-refractivity contribution < 1.29 is 29.1 Å². The Hall–Kier alpha value is -0.320. The monoisotopic (exact) mass is 262 g/mol. The zero-order valence-corrected chi connectivity index (χ0v) is 8.44. The summed E-state index contributed by atoms with van der Waals surface area (Å²) in [5.74, 6) is 0. The number of allylic oxidation sites excluding steroid dienone is 1. The van der Waals surface area contributed by atoms with Crippen molar-refractivity contribution in [2.75, 3.05) is 0 Å². The van der Waals surface area contributed by atoms with Crippen LogP contribution in [0, 0.1) is 0 Å². The molecule has 0 amide bonds. The summed E-state index contributed by atoms with van der Waals surface area (Å²) in [4.78, 5) is 0. The van der Waals surface area contributed by atoms with Crippen molar-refractivity contribution in [1.29, 1.82) is 0 Å². The number of rotatable bonds is 0. The largest absolute Gasteiger partial charge is 1.00 e. The third-order valence-corrected chi connectivity index (χ3v) is 2.05. The molecule has 2 nitrogen and oxygen atoms in total. The predicted octanol–water partition coefficient (Wildman–Crippen LogP) is -1.82. The average molecular weight is 262 g/mol. The standard InChI is InChI=1S/C8H10N2.HI/c1-6-3-2-4-8-7(6)5-9-10-8;/h5H,1-4H2,(H,9,10);1H. The molecule has 0 aromatic carbocycles. The highest BCUT2D eigenvalue weighted by Gasteiger charge is 2.16. The number of aromatic amines is 2. The van der Waals surface area contributed by atoms with Gasteiger partial charge in [0.1, 0.15) is 0 Å². The molecule has 0 spiro atoms. The molecule has 2 rings (SSSR count). The van der Waals surface area contributed by atoms with E-state index < -0.39 is 0 Å². The van der Waals surface area contributed by atoms with Crippen molar-refractivity contribution in [2.24, 2.45) is 0 Å². The van der Waals surface area contributed by atoms with Crippen molar-refractivity contribution in [3.05, 3.63) is 24.0 Å². The lowest BCUT2D eigenvalue weighted by atomic mass is 9.94. The Morgan fingerprint density at radius 3 is 3.00 bits per heavy atom. The van der Waals surface area contributed by atoms with Crippen LogP contribution in [-0.2, 0) is 6.42 Å². The maximum atomic E-state index is 3.99. The van der Waals surface area contributed by atoms with Crippen LogP contribution in [0.25, 0.3) is 5.57 Å². The van der Waals surface area contributed by atoms with Crippen molar-refractivity contribution in [3.63, 3.8) is 0 Å². The van der Waals surface area contributed by atoms with E-state index in [-0.39, 0.29) is 24.0 Å². The normalized spacial score (nSPS) is 15.5. The van der Waals surface area contributed by atoms with Gasteiger partial charge >= 0.3 is 0 Å². The molecule has 1 aliphatic rings. The average Bonchev–Trinajstić information content (AvgIpc) is 2.36. The van der Waals surface area contributed by atoms with Crippen LogP contribution < -0.4 is 29.1 Å². The molecule has 0 saturated heterocycles. The molecule has 1 heterocycles. The molecule has 1 aromatic heterocycles. The second kappa shape index (κ2) is 3.38. The van der Waals surface area contributed by atoms with Gasteiger partial charge in [-0.2, -0.15) is 5.10 Å². The Labute approximate surface area is 83.1 Å². The Morgan fingerprint density at radius 1 is 1.45 bits per heavy atom. The number of H-pyrrole nitrogens is 2. The SMILES string of the molecule is C=C1CCCc2[nH][nH+]cc21.[I-]. The van der Waals surface area contributed by atoms with Crippen LogP contribution in [0.1, 0.15) is 24.1 Å². The van der Waals surface area contributed by atoms with Gasteiger partial charge in [-0.25, -0.2) is 0 Å². The second-order valence-electron chi connectivity index (χ2n) is 2.76. The number of halogens is 1. The van der Waals surface area contributed by atoms with Gasteiger partial charge in [-0.05, 0) is 24.8 Å². The Bertz CT molecular complexity index is 265. The zero-order valence-electron chi connectivity index (χ0n) is 6.28. The highest BCUT2D eigenvalue weighted by atomic mass is 127. The van der Waals surface area contributed by atoms with E-state index in [1.807, 2.05) is 6.20 Å². The fourth-order valence-corrected chi connectivity index (χ4v) is 1.48. The quantitative estimate of drug-likeness (QED) is 0.534. The van der Waals surface area contributed by atoms with E-state index in [0.717, 1.165) is 12.8 Å². The molecule has 3 heteroatoms. The highest BCUT2D eigenvalue weighted by molar-refractivity contribution is 5.65. The van der Waals surface area contributed by atoms with E-state index in [2.05, 4.69) is 16.8 Å². The minimum absolute atomic E-state index is 0. The first kappa shape index (κ1) is 8.77. The number of aromatic nitrogens is 2. The third kappa shape index (κ3) is 1.47. The van der Waals surface area contributed by atoms with Crippen LogP contribution in [0.5, 0.6) is 0 Å². The Morgan fingerprint density at radius 2 is 2.27 bits per heavy atom. The zero-order chi connectivity index (χ0) is 6.97. The van der Waals surface area contributed by atoms with Crippen LogP contribution in [0.4, 0.5) is 0 Å². The molecule has 60 valence electrons. The van der Waals surface area contributed by atoms with Gasteiger partial charge < -0.3 is 24.0 Å². The van der Waals surface area contributed by atoms with Gasteiger partial charge in [0.05, 0.1) is 11.3 Å². The van der Waals surface area contributed by atoms with Crippen molar-refractivity contribution in [3.8, 4) is 0 Å².